The number of amides is 2. The summed E-state index contributed by atoms with van der Waals surface area (Å²) in [6, 6.07) is 11.2. The van der Waals surface area contributed by atoms with E-state index in [1.165, 1.54) is 0 Å². The Hall–Kier alpha value is -2.59. The summed E-state index contributed by atoms with van der Waals surface area (Å²) >= 11 is 6.14. The molecule has 1 heterocycles. The Bertz CT molecular complexity index is 917. The number of anilines is 1. The molecule has 0 radical (unpaired) electrons. The van der Waals surface area contributed by atoms with Crippen molar-refractivity contribution in [2.24, 2.45) is 0 Å². The van der Waals surface area contributed by atoms with Gasteiger partial charge in [0, 0.05) is 30.6 Å². The molecule has 0 saturated heterocycles. The average Bonchev–Trinajstić information content (AvgIpc) is 2.64. The fourth-order valence-electron chi connectivity index (χ4n) is 3.34. The number of hydrogen-bond donors (Lipinski definition) is 0. The van der Waals surface area contributed by atoms with Gasteiger partial charge in [0.25, 0.3) is 5.91 Å². The zero-order valence-electron chi connectivity index (χ0n) is 15.8. The predicted octanol–water partition coefficient (Wildman–Crippen LogP) is 4.86. The van der Waals surface area contributed by atoms with E-state index in [2.05, 4.69) is 0 Å². The van der Waals surface area contributed by atoms with Gasteiger partial charge in [0.1, 0.15) is 0 Å². The summed E-state index contributed by atoms with van der Waals surface area (Å²) in [4.78, 5) is 28.5. The summed E-state index contributed by atoms with van der Waals surface area (Å²) in [6.45, 7) is 7.30. The third-order valence-electron chi connectivity index (χ3n) is 4.87. The van der Waals surface area contributed by atoms with Crippen LogP contribution in [0.5, 0.6) is 0 Å². The predicted molar refractivity (Wildman–Crippen MR) is 111 cm³/mol. The first-order valence-corrected chi connectivity index (χ1v) is 9.50. The van der Waals surface area contributed by atoms with Crippen molar-refractivity contribution in [1.82, 2.24) is 4.90 Å². The quantitative estimate of drug-likeness (QED) is 0.760. The second-order valence-electron chi connectivity index (χ2n) is 6.53. The van der Waals surface area contributed by atoms with Gasteiger partial charge >= 0.3 is 0 Å². The van der Waals surface area contributed by atoms with Crippen LogP contribution in [0.25, 0.3) is 12.2 Å². The van der Waals surface area contributed by atoms with Gasteiger partial charge in [-0.25, -0.2) is 0 Å². The van der Waals surface area contributed by atoms with Crippen LogP contribution in [0.2, 0.25) is 5.02 Å². The van der Waals surface area contributed by atoms with Crippen molar-refractivity contribution >= 4 is 41.3 Å². The van der Waals surface area contributed by atoms with Gasteiger partial charge in [-0.2, -0.15) is 0 Å². The molecule has 3 rings (SSSR count). The monoisotopic (exact) mass is 382 g/mol. The van der Waals surface area contributed by atoms with E-state index in [4.69, 9.17) is 11.6 Å². The van der Waals surface area contributed by atoms with Gasteiger partial charge in [-0.3, -0.25) is 9.59 Å². The van der Waals surface area contributed by atoms with Crippen LogP contribution >= 0.6 is 11.6 Å². The molecule has 2 aromatic carbocycles. The molecule has 1 aliphatic heterocycles. The Morgan fingerprint density at radius 3 is 2.41 bits per heavy atom. The molecular weight excluding hydrogens is 360 g/mol. The molecule has 0 N–H and O–H groups in total. The van der Waals surface area contributed by atoms with Crippen LogP contribution in [0.3, 0.4) is 0 Å². The fraction of sp³-hybridized carbons (Fsp3) is 0.273. The Morgan fingerprint density at radius 2 is 1.74 bits per heavy atom. The maximum atomic E-state index is 12.7. The maximum absolute atomic E-state index is 12.7. The van der Waals surface area contributed by atoms with E-state index < -0.39 is 0 Å². The summed E-state index contributed by atoms with van der Waals surface area (Å²) in [6.07, 6.45) is 3.93. The lowest BCUT2D eigenvalue weighted by molar-refractivity contribution is -0.116. The van der Waals surface area contributed by atoms with Crippen LogP contribution in [0.4, 0.5) is 5.69 Å². The Kier molecular flexibility index (Phi) is 5.66. The summed E-state index contributed by atoms with van der Waals surface area (Å²) in [7, 11) is 0. The Balaban J connectivity index is 2.08. The van der Waals surface area contributed by atoms with Crippen molar-refractivity contribution < 1.29 is 9.59 Å². The van der Waals surface area contributed by atoms with Gasteiger partial charge in [0.15, 0.2) is 0 Å². The van der Waals surface area contributed by atoms with Crippen molar-refractivity contribution in [3.05, 3.63) is 63.7 Å². The molecule has 140 valence electrons. The van der Waals surface area contributed by atoms with E-state index in [0.717, 1.165) is 22.4 Å². The number of benzene rings is 2. The van der Waals surface area contributed by atoms with Crippen molar-refractivity contribution in [2.75, 3.05) is 18.0 Å². The molecule has 0 unspecified atom stereocenters. The number of nitrogens with zero attached hydrogens (tertiary/aromatic N) is 2. The summed E-state index contributed by atoms with van der Waals surface area (Å²) < 4.78 is 0. The van der Waals surface area contributed by atoms with Crippen LogP contribution in [-0.2, 0) is 11.3 Å². The number of carbonyl (C=O) groups is 2. The van der Waals surface area contributed by atoms with Gasteiger partial charge in [-0.05, 0) is 60.9 Å². The molecule has 2 aromatic rings. The molecule has 4 nitrogen and oxygen atoms in total. The first-order valence-electron chi connectivity index (χ1n) is 9.12. The normalized spacial score (nSPS) is 12.7. The summed E-state index contributed by atoms with van der Waals surface area (Å²) in [5.41, 5.74) is 4.30. The number of halogens is 1. The van der Waals surface area contributed by atoms with E-state index >= 15 is 0 Å². The molecule has 0 aromatic heterocycles. The highest BCUT2D eigenvalue weighted by atomic mass is 35.5. The van der Waals surface area contributed by atoms with E-state index in [-0.39, 0.29) is 11.8 Å². The molecule has 2 amide bonds. The lowest BCUT2D eigenvalue weighted by Crippen LogP contribution is -2.31. The second-order valence-corrected chi connectivity index (χ2v) is 6.97. The number of hydrogen-bond acceptors (Lipinski definition) is 2. The van der Waals surface area contributed by atoms with Crippen molar-refractivity contribution in [3.63, 3.8) is 0 Å². The van der Waals surface area contributed by atoms with Crippen LogP contribution in [0.15, 0.2) is 36.4 Å². The zero-order valence-corrected chi connectivity index (χ0v) is 16.6. The van der Waals surface area contributed by atoms with Gasteiger partial charge < -0.3 is 9.80 Å². The first kappa shape index (κ1) is 19.2. The largest absolute Gasteiger partial charge is 0.339 e. The maximum Gasteiger partial charge on any atom is 0.253 e. The standard InChI is InChI=1S/C22H23ClN2O2/c1-4-24(5-2)22(27)18-8-9-19-14-25(15(3)26)21-11-10-20(23)13-17(21)7-6-16(19)12-18/h6-13H,4-5,14H2,1-3H3. The van der Waals surface area contributed by atoms with Gasteiger partial charge in [-0.15, -0.1) is 0 Å². The Labute approximate surface area is 165 Å². The minimum atomic E-state index is -0.0388. The van der Waals surface area contributed by atoms with E-state index in [9.17, 15) is 9.59 Å². The highest BCUT2D eigenvalue weighted by Crippen LogP contribution is 2.31. The van der Waals surface area contributed by atoms with E-state index in [1.807, 2.05) is 56.3 Å². The van der Waals surface area contributed by atoms with E-state index in [1.54, 1.807) is 22.8 Å². The smallest absolute Gasteiger partial charge is 0.253 e. The third-order valence-corrected chi connectivity index (χ3v) is 5.11. The molecule has 27 heavy (non-hydrogen) atoms. The molecular formula is C22H23ClN2O2. The van der Waals surface area contributed by atoms with Crippen LogP contribution in [0, 0.1) is 0 Å². The first-order chi connectivity index (χ1) is 12.9. The van der Waals surface area contributed by atoms with Crippen LogP contribution in [-0.4, -0.2) is 29.8 Å². The van der Waals surface area contributed by atoms with Crippen molar-refractivity contribution in [1.29, 1.82) is 0 Å². The average molecular weight is 383 g/mol. The third kappa shape index (κ3) is 3.91. The summed E-state index contributed by atoms with van der Waals surface area (Å²) in [5, 5.41) is 0.619. The highest BCUT2D eigenvalue weighted by Gasteiger charge is 2.20. The number of fused-ring (bicyclic) bond motifs is 2. The van der Waals surface area contributed by atoms with Crippen molar-refractivity contribution in [2.45, 2.75) is 27.3 Å². The minimum absolute atomic E-state index is 0.0186. The molecule has 0 aliphatic carbocycles. The van der Waals surface area contributed by atoms with Gasteiger partial charge in [0.2, 0.25) is 5.91 Å². The summed E-state index contributed by atoms with van der Waals surface area (Å²) in [5.74, 6) is -0.0201. The molecule has 0 spiro atoms. The molecule has 0 bridgehead atoms. The SMILES string of the molecule is CCN(CC)C(=O)c1ccc2c(c1)C=Cc1cc(Cl)ccc1N(C(C)=O)C2. The highest BCUT2D eigenvalue weighted by molar-refractivity contribution is 6.30. The molecule has 1 aliphatic rings. The minimum Gasteiger partial charge on any atom is -0.339 e. The lowest BCUT2D eigenvalue weighted by Gasteiger charge is -2.26. The topological polar surface area (TPSA) is 40.6 Å². The number of rotatable bonds is 3. The van der Waals surface area contributed by atoms with Crippen LogP contribution in [0.1, 0.15) is 47.8 Å². The molecule has 0 atom stereocenters. The Morgan fingerprint density at radius 1 is 1.04 bits per heavy atom. The molecule has 0 fully saturated rings. The van der Waals surface area contributed by atoms with Crippen LogP contribution < -0.4 is 4.90 Å². The molecule has 0 saturated carbocycles. The fourth-order valence-corrected chi connectivity index (χ4v) is 3.52. The lowest BCUT2D eigenvalue weighted by atomic mass is 9.98. The van der Waals surface area contributed by atoms with E-state index in [0.29, 0.717) is 30.2 Å². The van der Waals surface area contributed by atoms with Gasteiger partial charge in [-0.1, -0.05) is 29.8 Å². The van der Waals surface area contributed by atoms with Crippen molar-refractivity contribution in [3.8, 4) is 0 Å². The van der Waals surface area contributed by atoms with Gasteiger partial charge in [0.05, 0.1) is 12.2 Å². The number of carbonyl (C=O) groups excluding carboxylic acids is 2. The zero-order chi connectivity index (χ0) is 19.6. The molecule has 5 heteroatoms. The second kappa shape index (κ2) is 7.97.